The van der Waals surface area contributed by atoms with Gasteiger partial charge in [0.05, 0.1) is 33.1 Å². The van der Waals surface area contributed by atoms with Crippen LogP contribution in [0.1, 0.15) is 5.56 Å². The third kappa shape index (κ3) is 2.65. The zero-order chi connectivity index (χ0) is 25.7. The Balaban J connectivity index is 1.80. The van der Waals surface area contributed by atoms with Crippen molar-refractivity contribution in [2.24, 2.45) is 0 Å². The summed E-state index contributed by atoms with van der Waals surface area (Å²) >= 11 is 0. The number of nitrogens with zero attached hydrogens (tertiary/aromatic N) is 2. The van der Waals surface area contributed by atoms with E-state index in [9.17, 15) is 0 Å². The molecule has 9 aromatic rings. The maximum absolute atomic E-state index is 2.50. The average Bonchev–Trinajstić information content (AvgIpc) is 3.50. The van der Waals surface area contributed by atoms with E-state index in [2.05, 4.69) is 143 Å². The van der Waals surface area contributed by atoms with Crippen LogP contribution in [0, 0.1) is 6.92 Å². The van der Waals surface area contributed by atoms with Gasteiger partial charge < -0.3 is 8.80 Å². The summed E-state index contributed by atoms with van der Waals surface area (Å²) in [4.78, 5) is 0. The Kier molecular flexibility index (Phi) is 4.02. The van der Waals surface area contributed by atoms with Gasteiger partial charge in [-0.15, -0.1) is 0 Å². The van der Waals surface area contributed by atoms with E-state index in [0.29, 0.717) is 0 Å². The van der Waals surface area contributed by atoms with Crippen LogP contribution in [0.3, 0.4) is 0 Å². The lowest BCUT2D eigenvalue weighted by molar-refractivity contribution is 1.34. The number of aromatic nitrogens is 2. The molecule has 0 bridgehead atoms. The first-order valence-electron chi connectivity index (χ1n) is 13.5. The van der Waals surface area contributed by atoms with Crippen molar-refractivity contribution in [1.82, 2.24) is 8.80 Å². The Labute approximate surface area is 224 Å². The summed E-state index contributed by atoms with van der Waals surface area (Å²) in [5, 5.41) is 10.1. The largest absolute Gasteiger partial charge is 0.308 e. The molecule has 0 saturated heterocycles. The highest BCUT2D eigenvalue weighted by atomic mass is 14.9. The van der Waals surface area contributed by atoms with Gasteiger partial charge in [-0.2, -0.15) is 0 Å². The Hall–Kier alpha value is -5.08. The Bertz CT molecular complexity index is 2500. The summed E-state index contributed by atoms with van der Waals surface area (Å²) in [7, 11) is 0. The van der Waals surface area contributed by atoms with Crippen molar-refractivity contribution in [3.05, 3.63) is 133 Å². The van der Waals surface area contributed by atoms with Crippen LogP contribution in [0.5, 0.6) is 0 Å². The second-order valence-corrected chi connectivity index (χ2v) is 10.6. The van der Waals surface area contributed by atoms with Crippen molar-refractivity contribution in [3.8, 4) is 0 Å². The molecule has 0 atom stereocenters. The molecule has 0 fully saturated rings. The Morgan fingerprint density at radius 1 is 0.333 bits per heavy atom. The lowest BCUT2D eigenvalue weighted by Gasteiger charge is -2.10. The van der Waals surface area contributed by atoms with E-state index < -0.39 is 0 Å². The van der Waals surface area contributed by atoms with E-state index in [1.807, 2.05) is 0 Å². The maximum atomic E-state index is 2.50. The molecule has 0 aliphatic rings. The minimum atomic E-state index is 1.20. The number of rotatable bonds is 0. The first-order valence-corrected chi connectivity index (χ1v) is 13.5. The van der Waals surface area contributed by atoms with Crippen LogP contribution in [0.2, 0.25) is 0 Å². The van der Waals surface area contributed by atoms with Crippen LogP contribution < -0.4 is 0 Å². The van der Waals surface area contributed by atoms with Crippen LogP contribution >= 0.6 is 0 Å². The quantitative estimate of drug-likeness (QED) is 0.197. The number of hydrogen-bond donors (Lipinski definition) is 0. The predicted octanol–water partition coefficient (Wildman–Crippen LogP) is 9.98. The molecule has 0 spiro atoms. The number of aryl methyl sites for hydroxylation is 1. The van der Waals surface area contributed by atoms with E-state index in [0.717, 1.165) is 0 Å². The molecule has 3 aromatic heterocycles. The molecule has 0 aliphatic heterocycles. The fourth-order valence-corrected chi connectivity index (χ4v) is 6.93. The Morgan fingerprint density at radius 2 is 0.692 bits per heavy atom. The molecule has 2 heteroatoms. The molecule has 0 N–H and O–H groups in total. The first-order chi connectivity index (χ1) is 19.3. The van der Waals surface area contributed by atoms with E-state index >= 15 is 0 Å². The normalized spacial score (nSPS) is 12.2. The van der Waals surface area contributed by atoms with Crippen molar-refractivity contribution in [1.29, 1.82) is 0 Å². The second-order valence-electron chi connectivity index (χ2n) is 10.6. The minimum absolute atomic E-state index is 1.20. The molecule has 0 unspecified atom stereocenters. The summed E-state index contributed by atoms with van der Waals surface area (Å²) in [5.74, 6) is 0. The minimum Gasteiger partial charge on any atom is -0.308 e. The third-order valence-corrected chi connectivity index (χ3v) is 8.51. The van der Waals surface area contributed by atoms with E-state index in [4.69, 9.17) is 0 Å². The monoisotopic (exact) mass is 496 g/mol. The summed E-state index contributed by atoms with van der Waals surface area (Å²) in [6.07, 6.45) is 0. The van der Waals surface area contributed by atoms with Crippen LogP contribution in [0.15, 0.2) is 127 Å². The molecule has 0 radical (unpaired) electrons. The highest BCUT2D eigenvalue weighted by molar-refractivity contribution is 6.24. The van der Waals surface area contributed by atoms with Gasteiger partial charge in [0, 0.05) is 43.1 Å². The van der Waals surface area contributed by atoms with Crippen LogP contribution in [0.25, 0.3) is 76.2 Å². The van der Waals surface area contributed by atoms with E-state index in [1.165, 1.54) is 81.8 Å². The van der Waals surface area contributed by atoms with Gasteiger partial charge in [-0.25, -0.2) is 0 Å². The lowest BCUT2D eigenvalue weighted by atomic mass is 10.0. The van der Waals surface area contributed by atoms with Gasteiger partial charge in [0.15, 0.2) is 0 Å². The average molecular weight is 497 g/mol. The van der Waals surface area contributed by atoms with Gasteiger partial charge in [-0.05, 0) is 37.3 Å². The number of fused-ring (bicyclic) bond motifs is 12. The van der Waals surface area contributed by atoms with Gasteiger partial charge in [0.25, 0.3) is 0 Å². The molecule has 0 amide bonds. The number of benzene rings is 6. The molecule has 2 nitrogen and oxygen atoms in total. The molecular weight excluding hydrogens is 472 g/mol. The molecule has 3 heterocycles. The highest BCUT2D eigenvalue weighted by Gasteiger charge is 2.17. The van der Waals surface area contributed by atoms with Gasteiger partial charge in [-0.3, -0.25) is 0 Å². The number of para-hydroxylation sites is 5. The van der Waals surface area contributed by atoms with Crippen molar-refractivity contribution in [3.63, 3.8) is 0 Å². The Morgan fingerprint density at radius 3 is 1.15 bits per heavy atom. The molecule has 0 saturated carbocycles. The van der Waals surface area contributed by atoms with Crippen molar-refractivity contribution < 1.29 is 0 Å². The molecular formula is C37H24N2. The zero-order valence-corrected chi connectivity index (χ0v) is 21.5. The zero-order valence-electron chi connectivity index (χ0n) is 21.5. The summed E-state index contributed by atoms with van der Waals surface area (Å²) in [6, 6.07) is 47.1. The fraction of sp³-hybridized carbons (Fsp3) is 0.0270. The van der Waals surface area contributed by atoms with Gasteiger partial charge in [0.2, 0.25) is 0 Å². The van der Waals surface area contributed by atoms with Crippen LogP contribution in [-0.4, -0.2) is 8.80 Å². The van der Waals surface area contributed by atoms with Crippen LogP contribution in [-0.2, 0) is 0 Å². The molecule has 9 rings (SSSR count). The molecule has 6 aromatic carbocycles. The van der Waals surface area contributed by atoms with Crippen molar-refractivity contribution in [2.75, 3.05) is 0 Å². The fourth-order valence-electron chi connectivity index (χ4n) is 6.93. The van der Waals surface area contributed by atoms with Gasteiger partial charge >= 0.3 is 0 Å². The van der Waals surface area contributed by atoms with Crippen molar-refractivity contribution >= 4 is 76.2 Å². The lowest BCUT2D eigenvalue weighted by Crippen LogP contribution is -1.91. The SMILES string of the molecule is Cc1ccc2c(c1)c1cccc3c4ccccc4n4c5ccccc5c5cccc(c6ccccc6n2c31)c54. The maximum Gasteiger partial charge on any atom is 0.0620 e. The molecule has 39 heavy (non-hydrogen) atoms. The van der Waals surface area contributed by atoms with Crippen LogP contribution in [0.4, 0.5) is 0 Å². The third-order valence-electron chi connectivity index (χ3n) is 8.51. The topological polar surface area (TPSA) is 8.82 Å². The second kappa shape index (κ2) is 7.49. The standard InChI is InChI=1S/C37H24N2/c1-23-20-21-35-31(22-23)30-16-9-15-29-26-12-3-6-18-33(26)38-32-17-5-2-10-24(32)27-13-8-14-28(36(27)38)25-11-4-7-19-34(25)39(35)37(29)30/h2-22H,1H3. The summed E-state index contributed by atoms with van der Waals surface area (Å²) in [5.41, 5.74) is 8.66. The van der Waals surface area contributed by atoms with E-state index in [1.54, 1.807) is 0 Å². The first kappa shape index (κ1) is 20.9. The summed E-state index contributed by atoms with van der Waals surface area (Å²) in [6.45, 7) is 2.18. The molecule has 182 valence electrons. The smallest absolute Gasteiger partial charge is 0.0620 e. The predicted molar refractivity (Wildman–Crippen MR) is 167 cm³/mol. The summed E-state index contributed by atoms with van der Waals surface area (Å²) < 4.78 is 5.00. The van der Waals surface area contributed by atoms with Gasteiger partial charge in [0.1, 0.15) is 0 Å². The number of hydrogen-bond acceptors (Lipinski definition) is 0. The van der Waals surface area contributed by atoms with Crippen molar-refractivity contribution in [2.45, 2.75) is 6.92 Å². The van der Waals surface area contributed by atoms with Gasteiger partial charge in [-0.1, -0.05) is 103 Å². The highest BCUT2D eigenvalue weighted by Crippen LogP contribution is 2.40. The van der Waals surface area contributed by atoms with E-state index in [-0.39, 0.29) is 0 Å². The molecule has 0 aliphatic carbocycles.